The summed E-state index contributed by atoms with van der Waals surface area (Å²) >= 11 is 1.90. The van der Waals surface area contributed by atoms with E-state index < -0.39 is 0 Å². The van der Waals surface area contributed by atoms with Crippen molar-refractivity contribution in [2.45, 2.75) is 43.5 Å². The van der Waals surface area contributed by atoms with E-state index in [-0.39, 0.29) is 6.03 Å². The second kappa shape index (κ2) is 7.71. The van der Waals surface area contributed by atoms with Crippen LogP contribution in [-0.2, 0) is 0 Å². The van der Waals surface area contributed by atoms with Crippen molar-refractivity contribution < 1.29 is 4.79 Å². The van der Waals surface area contributed by atoms with Crippen LogP contribution in [0, 0.1) is 0 Å². The molecule has 3 unspecified atom stereocenters. The normalized spacial score (nSPS) is 22.8. The predicted molar refractivity (Wildman–Crippen MR) is 91.0 cm³/mol. The molecule has 1 saturated carbocycles. The van der Waals surface area contributed by atoms with Crippen molar-refractivity contribution in [3.63, 3.8) is 0 Å². The average molecular weight is 307 g/mol. The molecule has 0 spiro atoms. The van der Waals surface area contributed by atoms with Gasteiger partial charge in [-0.25, -0.2) is 4.79 Å². The van der Waals surface area contributed by atoms with Gasteiger partial charge in [-0.15, -0.1) is 0 Å². The molecule has 0 heterocycles. The van der Waals surface area contributed by atoms with Gasteiger partial charge in [-0.3, -0.25) is 0 Å². The summed E-state index contributed by atoms with van der Waals surface area (Å²) in [5, 5.41) is 9.86. The summed E-state index contributed by atoms with van der Waals surface area (Å²) in [7, 11) is 1.94. The van der Waals surface area contributed by atoms with Crippen LogP contribution >= 0.6 is 11.8 Å². The smallest absolute Gasteiger partial charge is 0.319 e. The van der Waals surface area contributed by atoms with Crippen LogP contribution in [0.5, 0.6) is 0 Å². The maximum Gasteiger partial charge on any atom is 0.319 e. The molecule has 1 fully saturated rings. The second-order valence-corrected chi connectivity index (χ2v) is 6.74. The summed E-state index contributed by atoms with van der Waals surface area (Å²) in [5.41, 5.74) is 2.04. The van der Waals surface area contributed by atoms with Crippen LogP contribution in [0.3, 0.4) is 0 Å². The molecular formula is C16H25N3OS. The molecule has 0 bridgehead atoms. The molecule has 116 valence electrons. The molecule has 3 atom stereocenters. The van der Waals surface area contributed by atoms with Crippen molar-refractivity contribution in [3.05, 3.63) is 29.8 Å². The molecule has 2 rings (SSSR count). The Hall–Kier alpha value is -1.20. The van der Waals surface area contributed by atoms with Crippen molar-refractivity contribution in [2.24, 2.45) is 0 Å². The summed E-state index contributed by atoms with van der Waals surface area (Å²) < 4.78 is 0. The summed E-state index contributed by atoms with van der Waals surface area (Å²) in [6, 6.07) is 8.49. The Labute approximate surface area is 131 Å². The molecule has 3 N–H and O–H groups in total. The van der Waals surface area contributed by atoms with E-state index in [1.54, 1.807) is 0 Å². The highest BCUT2D eigenvalue weighted by Gasteiger charge is 2.25. The van der Waals surface area contributed by atoms with Crippen LogP contribution in [0.15, 0.2) is 24.3 Å². The van der Waals surface area contributed by atoms with Crippen molar-refractivity contribution >= 4 is 23.5 Å². The summed E-state index contributed by atoms with van der Waals surface area (Å²) in [6.45, 7) is 2.11. The van der Waals surface area contributed by atoms with E-state index in [0.29, 0.717) is 17.3 Å². The lowest BCUT2D eigenvalue weighted by Crippen LogP contribution is -2.36. The number of nitrogens with one attached hydrogen (secondary N) is 3. The Kier molecular flexibility index (Phi) is 5.94. The Morgan fingerprint density at radius 2 is 2.00 bits per heavy atom. The molecule has 1 aromatic carbocycles. The van der Waals surface area contributed by atoms with Crippen molar-refractivity contribution in [2.75, 3.05) is 18.6 Å². The first-order valence-electron chi connectivity index (χ1n) is 7.50. The molecule has 0 aliphatic heterocycles. The quantitative estimate of drug-likeness (QED) is 0.782. The molecule has 2 amide bonds. The maximum atomic E-state index is 12.0. The first-order chi connectivity index (χ1) is 10.1. The highest BCUT2D eigenvalue weighted by atomic mass is 32.2. The van der Waals surface area contributed by atoms with Crippen LogP contribution in [0.2, 0.25) is 0 Å². The number of rotatable bonds is 5. The zero-order chi connectivity index (χ0) is 15.2. The van der Waals surface area contributed by atoms with E-state index in [0.717, 1.165) is 18.5 Å². The second-order valence-electron chi connectivity index (χ2n) is 5.60. The van der Waals surface area contributed by atoms with E-state index in [4.69, 9.17) is 0 Å². The summed E-state index contributed by atoms with van der Waals surface area (Å²) in [5.74, 6) is 0. The number of hydrogen-bond acceptors (Lipinski definition) is 3. The number of carbonyl (C=O) groups excluding carboxylic acids is 1. The Bertz CT molecular complexity index is 463. The van der Waals surface area contributed by atoms with E-state index in [1.807, 2.05) is 43.1 Å². The van der Waals surface area contributed by atoms with Crippen LogP contribution < -0.4 is 16.0 Å². The maximum absolute atomic E-state index is 12.0. The molecule has 4 nitrogen and oxygen atoms in total. The predicted octanol–water partition coefficient (Wildman–Crippen LogP) is 3.37. The number of thioether (sulfide) groups is 1. The molecule has 5 heteroatoms. The third-order valence-electron chi connectivity index (χ3n) is 4.15. The Morgan fingerprint density at radius 1 is 1.29 bits per heavy atom. The van der Waals surface area contributed by atoms with Gasteiger partial charge in [0.25, 0.3) is 0 Å². The van der Waals surface area contributed by atoms with Crippen LogP contribution in [0.1, 0.15) is 37.8 Å². The average Bonchev–Trinajstić information content (AvgIpc) is 2.94. The standard InChI is InChI=1S/C16H25N3OS/c1-11(17-2)12-4-6-13(7-5-12)18-16(20)19-14-8-9-15(10-14)21-3/h4-7,11,14-15,17H,8-10H2,1-3H3,(H2,18,19,20). The van der Waals surface area contributed by atoms with Gasteiger partial charge in [0.2, 0.25) is 0 Å². The minimum atomic E-state index is -0.101. The topological polar surface area (TPSA) is 53.2 Å². The number of hydrogen-bond donors (Lipinski definition) is 3. The van der Waals surface area contributed by atoms with Crippen molar-refractivity contribution in [1.82, 2.24) is 10.6 Å². The van der Waals surface area contributed by atoms with E-state index in [9.17, 15) is 4.79 Å². The summed E-state index contributed by atoms with van der Waals surface area (Å²) in [6.07, 6.45) is 5.49. The third kappa shape index (κ3) is 4.64. The van der Waals surface area contributed by atoms with Crippen LogP contribution in [-0.4, -0.2) is 30.6 Å². The number of benzene rings is 1. The number of carbonyl (C=O) groups is 1. The largest absolute Gasteiger partial charge is 0.335 e. The zero-order valence-electron chi connectivity index (χ0n) is 13.0. The molecule has 21 heavy (non-hydrogen) atoms. The van der Waals surface area contributed by atoms with Gasteiger partial charge in [0.1, 0.15) is 0 Å². The monoisotopic (exact) mass is 307 g/mol. The van der Waals surface area contributed by atoms with Gasteiger partial charge in [0.15, 0.2) is 0 Å². The number of urea groups is 1. The van der Waals surface area contributed by atoms with Gasteiger partial charge in [0.05, 0.1) is 0 Å². The zero-order valence-corrected chi connectivity index (χ0v) is 13.8. The fraction of sp³-hybridized carbons (Fsp3) is 0.562. The fourth-order valence-corrected chi connectivity index (χ4v) is 3.46. The Morgan fingerprint density at radius 3 is 2.57 bits per heavy atom. The number of amides is 2. The van der Waals surface area contributed by atoms with E-state index >= 15 is 0 Å². The lowest BCUT2D eigenvalue weighted by molar-refractivity contribution is 0.248. The van der Waals surface area contributed by atoms with E-state index in [1.165, 1.54) is 12.0 Å². The third-order valence-corrected chi connectivity index (χ3v) is 5.25. The van der Waals surface area contributed by atoms with Gasteiger partial charge < -0.3 is 16.0 Å². The SMILES string of the molecule is CNC(C)c1ccc(NC(=O)NC2CCC(SC)C2)cc1. The number of anilines is 1. The minimum absolute atomic E-state index is 0.101. The molecule has 1 aliphatic carbocycles. The van der Waals surface area contributed by atoms with E-state index in [2.05, 4.69) is 29.1 Å². The molecule has 0 saturated heterocycles. The molecule has 1 aromatic rings. The fourth-order valence-electron chi connectivity index (χ4n) is 2.66. The molecule has 1 aliphatic rings. The van der Waals surface area contributed by atoms with Crippen LogP contribution in [0.4, 0.5) is 10.5 Å². The first-order valence-corrected chi connectivity index (χ1v) is 8.78. The van der Waals surface area contributed by atoms with Crippen molar-refractivity contribution in [1.29, 1.82) is 0 Å². The van der Waals surface area contributed by atoms with Gasteiger partial charge in [-0.05, 0) is 57.2 Å². The van der Waals surface area contributed by atoms with Gasteiger partial charge >= 0.3 is 6.03 Å². The van der Waals surface area contributed by atoms with Crippen LogP contribution in [0.25, 0.3) is 0 Å². The molecular weight excluding hydrogens is 282 g/mol. The minimum Gasteiger partial charge on any atom is -0.335 e. The molecule has 0 radical (unpaired) electrons. The van der Waals surface area contributed by atoms with Gasteiger partial charge in [0, 0.05) is 23.0 Å². The van der Waals surface area contributed by atoms with Crippen molar-refractivity contribution in [3.8, 4) is 0 Å². The lowest BCUT2D eigenvalue weighted by atomic mass is 10.1. The Balaban J connectivity index is 1.82. The van der Waals surface area contributed by atoms with Gasteiger partial charge in [-0.1, -0.05) is 12.1 Å². The van der Waals surface area contributed by atoms with Gasteiger partial charge in [-0.2, -0.15) is 11.8 Å². The summed E-state index contributed by atoms with van der Waals surface area (Å²) in [4.78, 5) is 12.0. The molecule has 0 aromatic heterocycles. The highest BCUT2D eigenvalue weighted by Crippen LogP contribution is 2.28. The highest BCUT2D eigenvalue weighted by molar-refractivity contribution is 7.99. The first kappa shape index (κ1) is 16.2. The lowest BCUT2D eigenvalue weighted by Gasteiger charge is -2.15.